The zero-order valence-electron chi connectivity index (χ0n) is 19.2. The Kier molecular flexibility index (Phi) is 7.78. The van der Waals surface area contributed by atoms with Crippen LogP contribution < -0.4 is 10.1 Å². The highest BCUT2D eigenvalue weighted by Crippen LogP contribution is 2.33. The van der Waals surface area contributed by atoms with Crippen LogP contribution in [0.1, 0.15) is 27.5 Å². The number of rotatable bonds is 10. The molecule has 0 aliphatic carbocycles. The average molecular weight is 472 g/mol. The molecule has 0 aliphatic rings. The first kappa shape index (κ1) is 23.7. The summed E-state index contributed by atoms with van der Waals surface area (Å²) in [4.78, 5) is 0.330. The van der Waals surface area contributed by atoms with Crippen molar-refractivity contribution in [1.82, 2.24) is 5.32 Å². The summed E-state index contributed by atoms with van der Waals surface area (Å²) in [6, 6.07) is 34.4. The van der Waals surface area contributed by atoms with Crippen LogP contribution in [-0.2, 0) is 29.3 Å². The van der Waals surface area contributed by atoms with Crippen LogP contribution in [0.4, 0.5) is 0 Å². The van der Waals surface area contributed by atoms with Crippen molar-refractivity contribution in [2.24, 2.45) is 0 Å². The van der Waals surface area contributed by atoms with E-state index in [9.17, 15) is 8.42 Å². The topological polar surface area (TPSA) is 55.4 Å². The molecule has 4 aromatic carbocycles. The van der Waals surface area contributed by atoms with Crippen LogP contribution in [0.15, 0.2) is 114 Å². The molecule has 0 spiro atoms. The Morgan fingerprint density at radius 1 is 0.706 bits per heavy atom. The Balaban J connectivity index is 1.56. The van der Waals surface area contributed by atoms with Gasteiger partial charge in [0.2, 0.25) is 0 Å². The summed E-state index contributed by atoms with van der Waals surface area (Å²) in [6.45, 7) is 1.49. The first-order valence-corrected chi connectivity index (χ1v) is 12.9. The number of sulfone groups is 1. The highest BCUT2D eigenvalue weighted by Gasteiger charge is 2.29. The van der Waals surface area contributed by atoms with Crippen LogP contribution in [0.5, 0.6) is 5.75 Å². The van der Waals surface area contributed by atoms with Gasteiger partial charge in [-0.05, 0) is 52.9 Å². The van der Waals surface area contributed by atoms with Gasteiger partial charge in [-0.3, -0.25) is 0 Å². The largest absolute Gasteiger partial charge is 0.497 e. The van der Waals surface area contributed by atoms with Crippen LogP contribution in [0, 0.1) is 0 Å². The van der Waals surface area contributed by atoms with E-state index < -0.39 is 15.1 Å². The van der Waals surface area contributed by atoms with E-state index in [4.69, 9.17) is 4.74 Å². The molecule has 0 bridgehead atoms. The average Bonchev–Trinajstić information content (AvgIpc) is 2.89. The van der Waals surface area contributed by atoms with Gasteiger partial charge < -0.3 is 10.1 Å². The molecule has 34 heavy (non-hydrogen) atoms. The van der Waals surface area contributed by atoms with Gasteiger partial charge in [-0.25, -0.2) is 8.42 Å². The van der Waals surface area contributed by atoms with Crippen LogP contribution in [0.3, 0.4) is 0 Å². The van der Waals surface area contributed by atoms with E-state index in [1.807, 2.05) is 72.8 Å². The van der Waals surface area contributed by atoms with Gasteiger partial charge >= 0.3 is 0 Å². The lowest BCUT2D eigenvalue weighted by molar-refractivity contribution is 0.414. The van der Waals surface area contributed by atoms with Crippen molar-refractivity contribution in [3.63, 3.8) is 0 Å². The standard InChI is InChI=1S/C29H29NO3S/c1-33-27-12-8-11-25(19-27)20-29(34(31,32)28-13-6-3-7-14-28)26-17-15-24(16-18-26)22-30-21-23-9-4-2-5-10-23/h2-19,29-30H,20-22H2,1H3. The minimum absolute atomic E-state index is 0.330. The van der Waals surface area contributed by atoms with E-state index in [2.05, 4.69) is 17.4 Å². The number of nitrogens with one attached hydrogen (secondary N) is 1. The lowest BCUT2D eigenvalue weighted by Gasteiger charge is -2.19. The molecular formula is C29H29NO3S. The molecule has 174 valence electrons. The Hall–Kier alpha value is -3.41. The second-order valence-electron chi connectivity index (χ2n) is 8.23. The molecule has 4 rings (SSSR count). The van der Waals surface area contributed by atoms with Gasteiger partial charge in [0.25, 0.3) is 0 Å². The Bertz CT molecular complexity index is 1290. The van der Waals surface area contributed by atoms with Crippen molar-refractivity contribution < 1.29 is 13.2 Å². The Morgan fingerprint density at radius 2 is 1.29 bits per heavy atom. The van der Waals surface area contributed by atoms with Gasteiger partial charge in [0.1, 0.15) is 5.75 Å². The molecule has 0 radical (unpaired) electrons. The smallest absolute Gasteiger partial charge is 0.185 e. The lowest BCUT2D eigenvalue weighted by atomic mass is 10.0. The summed E-state index contributed by atoms with van der Waals surface area (Å²) in [5, 5.41) is 2.74. The van der Waals surface area contributed by atoms with Gasteiger partial charge in [-0.2, -0.15) is 0 Å². The first-order valence-electron chi connectivity index (χ1n) is 11.3. The fourth-order valence-corrected chi connectivity index (χ4v) is 5.78. The number of ether oxygens (including phenoxy) is 1. The van der Waals surface area contributed by atoms with Gasteiger partial charge in [0, 0.05) is 13.1 Å². The summed E-state index contributed by atoms with van der Waals surface area (Å²) >= 11 is 0. The second kappa shape index (κ2) is 11.1. The van der Waals surface area contributed by atoms with E-state index in [1.54, 1.807) is 31.4 Å². The van der Waals surface area contributed by atoms with Crippen LogP contribution in [-0.4, -0.2) is 15.5 Å². The highest BCUT2D eigenvalue weighted by molar-refractivity contribution is 7.91. The monoisotopic (exact) mass is 471 g/mol. The van der Waals surface area contributed by atoms with Crippen molar-refractivity contribution in [3.8, 4) is 5.75 Å². The van der Waals surface area contributed by atoms with Gasteiger partial charge in [0.05, 0.1) is 17.3 Å². The van der Waals surface area contributed by atoms with E-state index in [0.29, 0.717) is 23.6 Å². The third-order valence-electron chi connectivity index (χ3n) is 5.85. The summed E-state index contributed by atoms with van der Waals surface area (Å²) in [5.41, 5.74) is 4.03. The minimum Gasteiger partial charge on any atom is -0.497 e. The molecule has 1 N–H and O–H groups in total. The van der Waals surface area contributed by atoms with E-state index in [1.165, 1.54) is 5.56 Å². The predicted molar refractivity (Wildman–Crippen MR) is 136 cm³/mol. The van der Waals surface area contributed by atoms with Crippen molar-refractivity contribution >= 4 is 9.84 Å². The van der Waals surface area contributed by atoms with Crippen LogP contribution in [0.2, 0.25) is 0 Å². The molecule has 4 nitrogen and oxygen atoms in total. The SMILES string of the molecule is COc1cccc(CC(c2ccc(CNCc3ccccc3)cc2)S(=O)(=O)c2ccccc2)c1. The van der Waals surface area contributed by atoms with Crippen molar-refractivity contribution in [2.45, 2.75) is 29.7 Å². The number of hydrogen-bond donors (Lipinski definition) is 1. The maximum absolute atomic E-state index is 13.7. The fourth-order valence-electron chi connectivity index (χ4n) is 3.99. The van der Waals surface area contributed by atoms with Crippen molar-refractivity contribution in [1.29, 1.82) is 0 Å². The van der Waals surface area contributed by atoms with Gasteiger partial charge in [-0.1, -0.05) is 84.9 Å². The third-order valence-corrected chi connectivity index (χ3v) is 7.97. The summed E-state index contributed by atoms with van der Waals surface area (Å²) in [6.07, 6.45) is 0.361. The number of benzene rings is 4. The number of hydrogen-bond acceptors (Lipinski definition) is 4. The fraction of sp³-hybridized carbons (Fsp3) is 0.172. The van der Waals surface area contributed by atoms with Crippen molar-refractivity contribution in [2.75, 3.05) is 7.11 Å². The summed E-state index contributed by atoms with van der Waals surface area (Å²) < 4.78 is 32.7. The second-order valence-corrected chi connectivity index (χ2v) is 10.4. The summed E-state index contributed by atoms with van der Waals surface area (Å²) in [5.74, 6) is 0.716. The van der Waals surface area contributed by atoms with E-state index in [0.717, 1.165) is 23.2 Å². The lowest BCUT2D eigenvalue weighted by Crippen LogP contribution is -2.17. The molecule has 0 saturated heterocycles. The predicted octanol–water partition coefficient (Wildman–Crippen LogP) is 5.74. The van der Waals surface area contributed by atoms with E-state index >= 15 is 0 Å². The van der Waals surface area contributed by atoms with Gasteiger partial charge in [0.15, 0.2) is 9.84 Å². The zero-order valence-corrected chi connectivity index (χ0v) is 20.0. The van der Waals surface area contributed by atoms with Crippen LogP contribution in [0.25, 0.3) is 0 Å². The molecule has 0 fully saturated rings. The quantitative estimate of drug-likeness (QED) is 0.320. The maximum Gasteiger partial charge on any atom is 0.185 e. The molecule has 0 aromatic heterocycles. The third kappa shape index (κ3) is 5.93. The molecule has 0 amide bonds. The van der Waals surface area contributed by atoms with Crippen molar-refractivity contribution in [3.05, 3.63) is 131 Å². The maximum atomic E-state index is 13.7. The van der Waals surface area contributed by atoms with Crippen LogP contribution >= 0.6 is 0 Å². The van der Waals surface area contributed by atoms with E-state index in [-0.39, 0.29) is 0 Å². The Labute approximate surface area is 202 Å². The highest BCUT2D eigenvalue weighted by atomic mass is 32.2. The molecular weight excluding hydrogens is 442 g/mol. The Morgan fingerprint density at radius 3 is 1.94 bits per heavy atom. The first-order chi connectivity index (χ1) is 16.6. The van der Waals surface area contributed by atoms with Gasteiger partial charge in [-0.15, -0.1) is 0 Å². The molecule has 0 saturated carbocycles. The molecule has 0 aliphatic heterocycles. The molecule has 0 heterocycles. The zero-order chi connectivity index (χ0) is 23.8. The normalized spacial score (nSPS) is 12.3. The minimum atomic E-state index is -3.59. The molecule has 5 heteroatoms. The molecule has 1 atom stereocenters. The molecule has 1 unspecified atom stereocenters. The molecule has 4 aromatic rings. The number of methoxy groups -OCH3 is 1. The summed E-state index contributed by atoms with van der Waals surface area (Å²) in [7, 11) is -1.98.